The average molecular weight is 268 g/mol. The van der Waals surface area contributed by atoms with Crippen LogP contribution in [0.15, 0.2) is 9.59 Å². The summed E-state index contributed by atoms with van der Waals surface area (Å²) in [5, 5.41) is 3.09. The number of hydrogen-bond donors (Lipinski definition) is 1. The van der Waals surface area contributed by atoms with Gasteiger partial charge in [-0.2, -0.15) is 0 Å². The zero-order chi connectivity index (χ0) is 15.2. The van der Waals surface area contributed by atoms with E-state index >= 15 is 0 Å². The van der Waals surface area contributed by atoms with Gasteiger partial charge in [0.2, 0.25) is 10.9 Å². The molecule has 4 heteroatoms. The molecule has 0 aliphatic heterocycles. The van der Waals surface area contributed by atoms with E-state index in [-0.39, 0.29) is 16.3 Å². The Labute approximate surface area is 116 Å². The van der Waals surface area contributed by atoms with Crippen molar-refractivity contribution >= 4 is 5.69 Å². The molecule has 1 aromatic rings. The minimum absolute atomic E-state index is 0.255. The maximum Gasteiger partial charge on any atom is 0.249 e. The van der Waals surface area contributed by atoms with Crippen molar-refractivity contribution in [3.8, 4) is 0 Å². The van der Waals surface area contributed by atoms with Gasteiger partial charge >= 0.3 is 0 Å². The molecule has 0 aliphatic rings. The molecule has 0 bridgehead atoms. The van der Waals surface area contributed by atoms with Crippen LogP contribution < -0.4 is 16.2 Å². The Kier molecular flexibility index (Phi) is 6.98. The molecule has 0 fully saturated rings. The molecule has 0 heterocycles. The van der Waals surface area contributed by atoms with Crippen molar-refractivity contribution in [2.24, 2.45) is 0 Å². The van der Waals surface area contributed by atoms with Crippen LogP contribution in [0.25, 0.3) is 0 Å². The van der Waals surface area contributed by atoms with Crippen molar-refractivity contribution in [1.82, 2.24) is 4.90 Å². The van der Waals surface area contributed by atoms with Gasteiger partial charge in [-0.3, -0.25) is 9.59 Å². The smallest absolute Gasteiger partial charge is 0.249 e. The molecule has 0 amide bonds. The highest BCUT2D eigenvalue weighted by Crippen LogP contribution is 2.25. The second-order valence-electron chi connectivity index (χ2n) is 5.74. The van der Waals surface area contributed by atoms with Crippen LogP contribution in [-0.2, 0) is 5.41 Å². The van der Waals surface area contributed by atoms with Crippen molar-refractivity contribution in [2.75, 3.05) is 32.5 Å². The number of hydrogen-bond acceptors (Lipinski definition) is 4. The van der Waals surface area contributed by atoms with E-state index in [2.05, 4.69) is 10.2 Å². The molecule has 0 spiro atoms. The maximum absolute atomic E-state index is 11.5. The van der Waals surface area contributed by atoms with E-state index in [0.29, 0.717) is 11.3 Å². The van der Waals surface area contributed by atoms with Crippen LogP contribution >= 0.6 is 0 Å². The first kappa shape index (κ1) is 17.8. The third kappa shape index (κ3) is 4.78. The van der Waals surface area contributed by atoms with Crippen LogP contribution in [-0.4, -0.2) is 32.1 Å². The SMILES string of the molecule is CC.CN(C)CCCNc1c(C(C)(C)C)c(=O)c1=O. The lowest BCUT2D eigenvalue weighted by molar-refractivity contribution is 0.405. The average Bonchev–Trinajstić information content (AvgIpc) is 2.32. The van der Waals surface area contributed by atoms with E-state index in [1.165, 1.54) is 0 Å². The normalized spacial score (nSPS) is 11.4. The summed E-state index contributed by atoms with van der Waals surface area (Å²) in [6.07, 6.45) is 0.954. The Morgan fingerprint density at radius 3 is 2.00 bits per heavy atom. The van der Waals surface area contributed by atoms with Gasteiger partial charge in [-0.15, -0.1) is 0 Å². The first-order chi connectivity index (χ1) is 8.75. The van der Waals surface area contributed by atoms with Gasteiger partial charge < -0.3 is 10.2 Å². The van der Waals surface area contributed by atoms with Crippen molar-refractivity contribution in [3.63, 3.8) is 0 Å². The number of nitrogens with one attached hydrogen (secondary N) is 1. The summed E-state index contributed by atoms with van der Waals surface area (Å²) in [4.78, 5) is 25.1. The van der Waals surface area contributed by atoms with E-state index < -0.39 is 0 Å². The molecule has 0 saturated carbocycles. The molecule has 0 unspecified atom stereocenters. The molecule has 0 aromatic heterocycles. The van der Waals surface area contributed by atoms with Gasteiger partial charge in [-0.25, -0.2) is 0 Å². The fraction of sp³-hybridized carbons (Fsp3) is 0.733. The van der Waals surface area contributed by atoms with Crippen molar-refractivity contribution in [3.05, 3.63) is 26.0 Å². The molecule has 110 valence electrons. The van der Waals surface area contributed by atoms with Crippen LogP contribution in [0.3, 0.4) is 0 Å². The fourth-order valence-corrected chi connectivity index (χ4v) is 1.88. The summed E-state index contributed by atoms with van der Waals surface area (Å²) in [6.45, 7) is 11.6. The molecule has 1 N–H and O–H groups in total. The molecule has 1 rings (SSSR count). The minimum atomic E-state index is -0.361. The van der Waals surface area contributed by atoms with Gasteiger partial charge in [-0.05, 0) is 32.5 Å². The van der Waals surface area contributed by atoms with Crippen LogP contribution in [0.2, 0.25) is 0 Å². The lowest BCUT2D eigenvalue weighted by Gasteiger charge is -2.24. The summed E-state index contributed by atoms with van der Waals surface area (Å²) in [7, 11) is 4.02. The molecular weight excluding hydrogens is 240 g/mol. The van der Waals surface area contributed by atoms with Gasteiger partial charge in [0.05, 0.1) is 5.69 Å². The van der Waals surface area contributed by atoms with Crippen molar-refractivity contribution < 1.29 is 0 Å². The largest absolute Gasteiger partial charge is 0.381 e. The second kappa shape index (κ2) is 7.43. The summed E-state index contributed by atoms with van der Waals surface area (Å²) in [5.74, 6) is 0. The van der Waals surface area contributed by atoms with Crippen molar-refractivity contribution in [1.29, 1.82) is 0 Å². The number of nitrogens with zero attached hydrogens (tertiary/aromatic N) is 1. The molecule has 1 aromatic carbocycles. The number of rotatable bonds is 5. The predicted molar refractivity (Wildman–Crippen MR) is 83.1 cm³/mol. The minimum Gasteiger partial charge on any atom is -0.381 e. The van der Waals surface area contributed by atoms with Gasteiger partial charge in [0.1, 0.15) is 0 Å². The second-order valence-corrected chi connectivity index (χ2v) is 5.74. The van der Waals surface area contributed by atoms with Crippen LogP contribution in [0.4, 0.5) is 5.69 Å². The van der Waals surface area contributed by atoms with Crippen LogP contribution in [0, 0.1) is 0 Å². The lowest BCUT2D eigenvalue weighted by Crippen LogP contribution is -2.43. The third-order valence-corrected chi connectivity index (χ3v) is 2.74. The molecule has 4 nitrogen and oxygen atoms in total. The fourth-order valence-electron chi connectivity index (χ4n) is 1.88. The highest BCUT2D eigenvalue weighted by Gasteiger charge is 2.29. The van der Waals surface area contributed by atoms with E-state index in [9.17, 15) is 9.59 Å². The molecular formula is C15H28N2O2. The van der Waals surface area contributed by atoms with E-state index in [1.54, 1.807) is 0 Å². The van der Waals surface area contributed by atoms with E-state index in [0.717, 1.165) is 19.5 Å². The Hall–Kier alpha value is -1.16. The Bertz CT molecular complexity index is 449. The zero-order valence-electron chi connectivity index (χ0n) is 13.4. The van der Waals surface area contributed by atoms with E-state index in [1.807, 2.05) is 48.7 Å². The summed E-state index contributed by atoms with van der Waals surface area (Å²) >= 11 is 0. The third-order valence-electron chi connectivity index (χ3n) is 2.74. The Morgan fingerprint density at radius 1 is 1.05 bits per heavy atom. The highest BCUT2D eigenvalue weighted by atomic mass is 16.2. The predicted octanol–water partition coefficient (Wildman–Crippen LogP) is 1.97. The first-order valence-electron chi connectivity index (χ1n) is 6.97. The lowest BCUT2D eigenvalue weighted by atomic mass is 9.82. The first-order valence-corrected chi connectivity index (χ1v) is 6.97. The Balaban J connectivity index is 0.00000154. The van der Waals surface area contributed by atoms with Gasteiger partial charge in [0.15, 0.2) is 0 Å². The van der Waals surface area contributed by atoms with Crippen LogP contribution in [0.5, 0.6) is 0 Å². The van der Waals surface area contributed by atoms with E-state index in [4.69, 9.17) is 0 Å². The van der Waals surface area contributed by atoms with Crippen LogP contribution in [0.1, 0.15) is 46.6 Å². The summed E-state index contributed by atoms with van der Waals surface area (Å²) in [6, 6.07) is 0. The molecule has 0 saturated heterocycles. The van der Waals surface area contributed by atoms with Gasteiger partial charge in [0.25, 0.3) is 0 Å². The monoisotopic (exact) mass is 268 g/mol. The maximum atomic E-state index is 11.5. The van der Waals surface area contributed by atoms with Gasteiger partial charge in [0, 0.05) is 12.1 Å². The standard InChI is InChI=1S/C13H22N2O2.C2H6/c1-13(2,3)9-10(12(17)11(9)16)14-7-6-8-15(4)5;1-2/h14H,6-8H2,1-5H3;1-2H3. The molecule has 0 aliphatic carbocycles. The quantitative estimate of drug-likeness (QED) is 0.655. The van der Waals surface area contributed by atoms with Gasteiger partial charge in [-0.1, -0.05) is 34.6 Å². The molecule has 0 radical (unpaired) electrons. The summed E-state index contributed by atoms with van der Waals surface area (Å²) < 4.78 is 0. The topological polar surface area (TPSA) is 49.4 Å². The molecule has 0 atom stereocenters. The van der Waals surface area contributed by atoms with Crippen molar-refractivity contribution in [2.45, 2.75) is 46.5 Å². The summed E-state index contributed by atoms with van der Waals surface area (Å²) in [5.41, 5.74) is 0.232. The number of anilines is 1. The Morgan fingerprint density at radius 2 is 1.58 bits per heavy atom. The zero-order valence-corrected chi connectivity index (χ0v) is 13.4. The highest BCUT2D eigenvalue weighted by molar-refractivity contribution is 5.59. The molecule has 19 heavy (non-hydrogen) atoms.